The van der Waals surface area contributed by atoms with Gasteiger partial charge in [-0.15, -0.1) is 0 Å². The lowest BCUT2D eigenvalue weighted by Gasteiger charge is -2.11. The predicted octanol–water partition coefficient (Wildman–Crippen LogP) is 0.966. The van der Waals surface area contributed by atoms with Crippen molar-refractivity contribution in [2.75, 3.05) is 27.9 Å². The zero-order valence-electron chi connectivity index (χ0n) is 10.3. The Labute approximate surface area is 101 Å². The van der Waals surface area contributed by atoms with Crippen LogP contribution in [0, 0.1) is 0 Å². The Bertz CT molecular complexity index is 379. The zero-order valence-corrected chi connectivity index (χ0v) is 10.3. The third kappa shape index (κ3) is 3.96. The van der Waals surface area contributed by atoms with Gasteiger partial charge in [-0.05, 0) is 24.7 Å². The molecule has 0 heterocycles. The van der Waals surface area contributed by atoms with Gasteiger partial charge in [0.05, 0.1) is 14.2 Å². The Kier molecular flexibility index (Phi) is 5.29. The minimum absolute atomic E-state index is 0.127. The molecule has 0 atom stereocenters. The Balaban J connectivity index is 2.74. The minimum Gasteiger partial charge on any atom is -0.493 e. The maximum atomic E-state index is 11.0. The van der Waals surface area contributed by atoms with Gasteiger partial charge in [0, 0.05) is 6.54 Å². The third-order valence-electron chi connectivity index (χ3n) is 2.18. The number of benzene rings is 1. The lowest BCUT2D eigenvalue weighted by molar-refractivity contribution is -0.142. The number of carbonyl (C=O) groups excluding carboxylic acids is 1. The summed E-state index contributed by atoms with van der Waals surface area (Å²) in [5, 5.41) is 3.04. The molecule has 0 saturated carbocycles. The molecule has 1 N–H and O–H groups in total. The monoisotopic (exact) mass is 239 g/mol. The molecule has 0 amide bonds. The summed E-state index contributed by atoms with van der Waals surface area (Å²) >= 11 is 0. The van der Waals surface area contributed by atoms with E-state index in [-0.39, 0.29) is 6.61 Å². The molecule has 0 unspecified atom stereocenters. The number of nitrogens with one attached hydrogen (secondary N) is 1. The molecule has 94 valence electrons. The summed E-state index contributed by atoms with van der Waals surface area (Å²) in [4.78, 5) is 11.0. The van der Waals surface area contributed by atoms with E-state index in [9.17, 15) is 4.79 Å². The summed E-state index contributed by atoms with van der Waals surface area (Å²) in [5.41, 5.74) is 1.08. The van der Waals surface area contributed by atoms with Crippen molar-refractivity contribution in [3.63, 3.8) is 0 Å². The highest BCUT2D eigenvalue weighted by atomic mass is 16.6. The van der Waals surface area contributed by atoms with Gasteiger partial charge in [0.25, 0.3) is 0 Å². The van der Waals surface area contributed by atoms with Crippen molar-refractivity contribution in [2.45, 2.75) is 6.54 Å². The summed E-state index contributed by atoms with van der Waals surface area (Å²) in [7, 11) is 4.75. The number of esters is 1. The van der Waals surface area contributed by atoms with E-state index in [4.69, 9.17) is 9.47 Å². The van der Waals surface area contributed by atoms with Crippen molar-refractivity contribution in [1.29, 1.82) is 0 Å². The third-order valence-corrected chi connectivity index (χ3v) is 2.18. The highest BCUT2D eigenvalue weighted by Crippen LogP contribution is 2.27. The Morgan fingerprint density at radius 3 is 2.65 bits per heavy atom. The highest BCUT2D eigenvalue weighted by Gasteiger charge is 2.08. The van der Waals surface area contributed by atoms with Gasteiger partial charge in [-0.3, -0.25) is 0 Å². The summed E-state index contributed by atoms with van der Waals surface area (Å²) < 4.78 is 15.0. The number of rotatable bonds is 6. The lowest BCUT2D eigenvalue weighted by Crippen LogP contribution is -2.13. The Morgan fingerprint density at radius 1 is 1.29 bits per heavy atom. The van der Waals surface area contributed by atoms with Crippen molar-refractivity contribution in [3.05, 3.63) is 23.8 Å². The molecule has 0 saturated heterocycles. The standard InChI is InChI=1S/C12H17NO4/c1-13-7-9-4-5-10(11(6-9)15-2)17-8-12(14)16-3/h4-6,13H,7-8H2,1-3H3. The molecule has 1 rings (SSSR count). The van der Waals surface area contributed by atoms with Crippen LogP contribution >= 0.6 is 0 Å². The van der Waals surface area contributed by atoms with Crippen LogP contribution < -0.4 is 14.8 Å². The molecule has 0 aromatic heterocycles. The number of hydrogen-bond donors (Lipinski definition) is 1. The zero-order chi connectivity index (χ0) is 12.7. The molecular weight excluding hydrogens is 222 g/mol. The van der Waals surface area contributed by atoms with Crippen LogP contribution in [0.15, 0.2) is 18.2 Å². The fourth-order valence-corrected chi connectivity index (χ4v) is 1.34. The van der Waals surface area contributed by atoms with Crippen molar-refractivity contribution in [1.82, 2.24) is 5.32 Å². The number of ether oxygens (including phenoxy) is 3. The van der Waals surface area contributed by atoms with E-state index in [0.29, 0.717) is 11.5 Å². The van der Waals surface area contributed by atoms with Crippen LogP contribution in [-0.2, 0) is 16.1 Å². The quantitative estimate of drug-likeness (QED) is 0.749. The second-order valence-corrected chi connectivity index (χ2v) is 3.38. The van der Waals surface area contributed by atoms with Crippen LogP contribution in [0.4, 0.5) is 0 Å². The summed E-state index contributed by atoms with van der Waals surface area (Å²) in [6, 6.07) is 5.54. The average molecular weight is 239 g/mol. The molecular formula is C12H17NO4. The minimum atomic E-state index is -0.425. The second kappa shape index (κ2) is 6.75. The van der Waals surface area contributed by atoms with Crippen molar-refractivity contribution >= 4 is 5.97 Å². The van der Waals surface area contributed by atoms with Crippen LogP contribution in [0.1, 0.15) is 5.56 Å². The molecule has 0 radical (unpaired) electrons. The second-order valence-electron chi connectivity index (χ2n) is 3.38. The lowest BCUT2D eigenvalue weighted by atomic mass is 10.2. The van der Waals surface area contributed by atoms with Crippen molar-refractivity contribution in [2.24, 2.45) is 0 Å². The predicted molar refractivity (Wildman–Crippen MR) is 63.3 cm³/mol. The van der Waals surface area contributed by atoms with Crippen LogP contribution in [0.2, 0.25) is 0 Å². The van der Waals surface area contributed by atoms with E-state index >= 15 is 0 Å². The van der Waals surface area contributed by atoms with E-state index in [0.717, 1.165) is 12.1 Å². The van der Waals surface area contributed by atoms with E-state index in [2.05, 4.69) is 10.1 Å². The highest BCUT2D eigenvalue weighted by molar-refractivity contribution is 5.71. The summed E-state index contributed by atoms with van der Waals surface area (Å²) in [6.07, 6.45) is 0. The maximum absolute atomic E-state index is 11.0. The van der Waals surface area contributed by atoms with Crippen molar-refractivity contribution in [3.8, 4) is 11.5 Å². The number of carbonyl (C=O) groups is 1. The smallest absolute Gasteiger partial charge is 0.343 e. The molecule has 0 aliphatic carbocycles. The fraction of sp³-hybridized carbons (Fsp3) is 0.417. The Morgan fingerprint density at radius 2 is 2.06 bits per heavy atom. The molecule has 17 heavy (non-hydrogen) atoms. The largest absolute Gasteiger partial charge is 0.493 e. The van der Waals surface area contributed by atoms with Gasteiger partial charge < -0.3 is 19.5 Å². The first-order valence-electron chi connectivity index (χ1n) is 5.22. The molecule has 5 nitrogen and oxygen atoms in total. The first kappa shape index (κ1) is 13.3. The normalized spacial score (nSPS) is 9.82. The molecule has 0 bridgehead atoms. The molecule has 0 aliphatic heterocycles. The van der Waals surface area contributed by atoms with Gasteiger partial charge in [-0.2, -0.15) is 0 Å². The van der Waals surface area contributed by atoms with Gasteiger partial charge in [0.1, 0.15) is 0 Å². The number of methoxy groups -OCH3 is 2. The first-order valence-corrected chi connectivity index (χ1v) is 5.22. The first-order chi connectivity index (χ1) is 8.21. The molecule has 1 aromatic carbocycles. The van der Waals surface area contributed by atoms with Crippen LogP contribution in [0.3, 0.4) is 0 Å². The van der Waals surface area contributed by atoms with Gasteiger partial charge in [0.15, 0.2) is 18.1 Å². The van der Waals surface area contributed by atoms with Crippen LogP contribution in [0.5, 0.6) is 11.5 Å². The fourth-order valence-electron chi connectivity index (χ4n) is 1.34. The van der Waals surface area contributed by atoms with Crippen molar-refractivity contribution < 1.29 is 19.0 Å². The van der Waals surface area contributed by atoms with Crippen LogP contribution in [-0.4, -0.2) is 33.8 Å². The SMILES string of the molecule is CNCc1ccc(OCC(=O)OC)c(OC)c1. The van der Waals surface area contributed by atoms with Crippen LogP contribution in [0.25, 0.3) is 0 Å². The van der Waals surface area contributed by atoms with Gasteiger partial charge in [-0.25, -0.2) is 4.79 Å². The van der Waals surface area contributed by atoms with E-state index in [1.165, 1.54) is 7.11 Å². The Hall–Kier alpha value is -1.75. The van der Waals surface area contributed by atoms with E-state index in [1.807, 2.05) is 19.2 Å². The van der Waals surface area contributed by atoms with Gasteiger partial charge >= 0.3 is 5.97 Å². The number of hydrogen-bond acceptors (Lipinski definition) is 5. The average Bonchev–Trinajstić information content (AvgIpc) is 2.36. The molecule has 1 aromatic rings. The van der Waals surface area contributed by atoms with E-state index in [1.54, 1.807) is 13.2 Å². The molecule has 0 fully saturated rings. The molecule has 5 heteroatoms. The molecule has 0 aliphatic rings. The van der Waals surface area contributed by atoms with Gasteiger partial charge in [-0.1, -0.05) is 6.07 Å². The van der Waals surface area contributed by atoms with E-state index < -0.39 is 5.97 Å². The summed E-state index contributed by atoms with van der Waals surface area (Å²) in [6.45, 7) is 0.617. The molecule has 0 spiro atoms. The van der Waals surface area contributed by atoms with Gasteiger partial charge in [0.2, 0.25) is 0 Å². The maximum Gasteiger partial charge on any atom is 0.343 e. The summed E-state index contributed by atoms with van der Waals surface area (Å²) in [5.74, 6) is 0.700. The topological polar surface area (TPSA) is 56.8 Å².